The van der Waals surface area contributed by atoms with Crippen molar-refractivity contribution in [2.24, 2.45) is 0 Å². The molecule has 0 bridgehead atoms. The molecule has 7 heteroatoms. The van der Waals surface area contributed by atoms with E-state index in [4.69, 9.17) is 22.1 Å². The Hall–Kier alpha value is -1.82. The van der Waals surface area contributed by atoms with Crippen LogP contribution in [0.3, 0.4) is 0 Å². The molecule has 17 heavy (non-hydrogen) atoms. The predicted molar refractivity (Wildman–Crippen MR) is 57.8 cm³/mol. The quantitative estimate of drug-likeness (QED) is 0.844. The van der Waals surface area contributed by atoms with Gasteiger partial charge in [-0.15, -0.1) is 0 Å². The van der Waals surface area contributed by atoms with Gasteiger partial charge in [-0.1, -0.05) is 16.8 Å². The molecule has 0 amide bonds. The van der Waals surface area contributed by atoms with Crippen molar-refractivity contribution in [3.8, 4) is 16.9 Å². The zero-order chi connectivity index (χ0) is 12.6. The number of aromatic nitrogens is 1. The van der Waals surface area contributed by atoms with E-state index in [-0.39, 0.29) is 22.8 Å². The number of nitrogen functional groups attached to an aromatic ring is 1. The van der Waals surface area contributed by atoms with Crippen molar-refractivity contribution in [1.29, 1.82) is 0 Å². The lowest BCUT2D eigenvalue weighted by Crippen LogP contribution is -1.96. The van der Waals surface area contributed by atoms with E-state index in [1.54, 1.807) is 0 Å². The first kappa shape index (κ1) is 11.7. The van der Waals surface area contributed by atoms with Crippen molar-refractivity contribution in [3.63, 3.8) is 0 Å². The number of nitrogens with two attached hydrogens (primary N) is 1. The lowest BCUT2D eigenvalue weighted by Gasteiger charge is -2.09. The summed E-state index contributed by atoms with van der Waals surface area (Å²) < 4.78 is 36.5. The third kappa shape index (κ3) is 1.80. The fraction of sp³-hybridized carbons (Fsp3) is 0.100. The Bertz CT molecular complexity index is 572. The Morgan fingerprint density at radius 1 is 1.41 bits per heavy atom. The minimum Gasteiger partial charge on any atom is -0.493 e. The van der Waals surface area contributed by atoms with E-state index in [1.807, 2.05) is 0 Å². The molecule has 2 aromatic rings. The van der Waals surface area contributed by atoms with E-state index < -0.39 is 16.7 Å². The molecular weight excluding hydrogens is 254 g/mol. The average Bonchev–Trinajstić information content (AvgIpc) is 2.72. The molecule has 4 nitrogen and oxygen atoms in total. The maximum Gasteiger partial charge on any atom is 0.230 e. The second kappa shape index (κ2) is 4.21. The van der Waals surface area contributed by atoms with Crippen LogP contribution in [-0.2, 0) is 0 Å². The molecule has 0 unspecified atom stereocenters. The second-order valence-electron chi connectivity index (χ2n) is 3.17. The molecule has 1 heterocycles. The molecule has 2 rings (SSSR count). The summed E-state index contributed by atoms with van der Waals surface area (Å²) in [6, 6.07) is 1.01. The molecule has 0 aliphatic heterocycles. The SMILES string of the molecule is COc1c(-c2cnoc2N)cc(F)c(Cl)c1F. The summed E-state index contributed by atoms with van der Waals surface area (Å²) in [6.07, 6.45) is 1.24. The smallest absolute Gasteiger partial charge is 0.230 e. The van der Waals surface area contributed by atoms with Gasteiger partial charge in [0.15, 0.2) is 11.6 Å². The van der Waals surface area contributed by atoms with Crippen LogP contribution in [0.5, 0.6) is 5.75 Å². The maximum absolute atomic E-state index is 13.7. The topological polar surface area (TPSA) is 61.3 Å². The van der Waals surface area contributed by atoms with Gasteiger partial charge in [0.25, 0.3) is 0 Å². The number of methoxy groups -OCH3 is 1. The Morgan fingerprint density at radius 3 is 2.65 bits per heavy atom. The normalized spacial score (nSPS) is 10.6. The van der Waals surface area contributed by atoms with E-state index in [2.05, 4.69) is 9.68 Å². The highest BCUT2D eigenvalue weighted by Gasteiger charge is 2.21. The van der Waals surface area contributed by atoms with Gasteiger partial charge in [-0.2, -0.15) is 0 Å². The summed E-state index contributed by atoms with van der Waals surface area (Å²) in [5.74, 6) is -2.19. The van der Waals surface area contributed by atoms with Crippen LogP contribution in [0.1, 0.15) is 0 Å². The molecule has 0 spiro atoms. The highest BCUT2D eigenvalue weighted by molar-refractivity contribution is 6.31. The third-order valence-electron chi connectivity index (χ3n) is 2.21. The van der Waals surface area contributed by atoms with Gasteiger partial charge in [0, 0.05) is 5.56 Å². The first-order chi connectivity index (χ1) is 8.06. The van der Waals surface area contributed by atoms with Crippen LogP contribution < -0.4 is 10.5 Å². The summed E-state index contributed by atoms with van der Waals surface area (Å²) in [6.45, 7) is 0. The van der Waals surface area contributed by atoms with Crippen molar-refractivity contribution in [1.82, 2.24) is 5.16 Å². The minimum absolute atomic E-state index is 0.0653. The summed E-state index contributed by atoms with van der Waals surface area (Å²) in [5, 5.41) is 2.78. The molecule has 0 aliphatic carbocycles. The van der Waals surface area contributed by atoms with Gasteiger partial charge in [-0.25, -0.2) is 8.78 Å². The van der Waals surface area contributed by atoms with Crippen LogP contribution >= 0.6 is 11.6 Å². The molecule has 2 N–H and O–H groups in total. The number of ether oxygens (including phenoxy) is 1. The highest BCUT2D eigenvalue weighted by atomic mass is 35.5. The van der Waals surface area contributed by atoms with E-state index in [1.165, 1.54) is 13.3 Å². The minimum atomic E-state index is -0.996. The molecule has 0 saturated heterocycles. The molecular formula is C10H7ClF2N2O2. The van der Waals surface area contributed by atoms with Gasteiger partial charge in [0.2, 0.25) is 5.88 Å². The van der Waals surface area contributed by atoms with Crippen molar-refractivity contribution in [2.75, 3.05) is 12.8 Å². The number of halogens is 3. The Labute approximate surface area is 99.9 Å². The lowest BCUT2D eigenvalue weighted by atomic mass is 10.1. The molecule has 0 radical (unpaired) electrons. The summed E-state index contributed by atoms with van der Waals surface area (Å²) in [5.41, 5.74) is 5.79. The molecule has 1 aromatic carbocycles. The number of anilines is 1. The van der Waals surface area contributed by atoms with E-state index in [0.29, 0.717) is 0 Å². The number of rotatable bonds is 2. The summed E-state index contributed by atoms with van der Waals surface area (Å²) in [4.78, 5) is 0. The third-order valence-corrected chi connectivity index (χ3v) is 2.56. The molecule has 0 fully saturated rings. The predicted octanol–water partition coefficient (Wildman–Crippen LogP) is 2.86. The van der Waals surface area contributed by atoms with Crippen molar-refractivity contribution in [3.05, 3.63) is 28.9 Å². The van der Waals surface area contributed by atoms with E-state index in [0.717, 1.165) is 6.07 Å². The van der Waals surface area contributed by atoms with Crippen LogP contribution in [0.4, 0.5) is 14.7 Å². The second-order valence-corrected chi connectivity index (χ2v) is 3.55. The Morgan fingerprint density at radius 2 is 2.12 bits per heavy atom. The van der Waals surface area contributed by atoms with Gasteiger partial charge >= 0.3 is 0 Å². The van der Waals surface area contributed by atoms with Crippen molar-refractivity contribution in [2.45, 2.75) is 0 Å². The van der Waals surface area contributed by atoms with Crippen LogP contribution in [-0.4, -0.2) is 12.3 Å². The lowest BCUT2D eigenvalue weighted by molar-refractivity contribution is 0.386. The van der Waals surface area contributed by atoms with Crippen LogP contribution in [0, 0.1) is 11.6 Å². The summed E-state index contributed by atoms with van der Waals surface area (Å²) in [7, 11) is 1.24. The van der Waals surface area contributed by atoms with Gasteiger partial charge in [0.05, 0.1) is 18.9 Å². The van der Waals surface area contributed by atoms with Crippen LogP contribution in [0.25, 0.3) is 11.1 Å². The zero-order valence-corrected chi connectivity index (χ0v) is 9.39. The summed E-state index contributed by atoms with van der Waals surface area (Å²) >= 11 is 5.43. The first-order valence-corrected chi connectivity index (χ1v) is 4.86. The molecule has 0 aliphatic rings. The first-order valence-electron chi connectivity index (χ1n) is 4.48. The number of hydrogen-bond acceptors (Lipinski definition) is 4. The highest BCUT2D eigenvalue weighted by Crippen LogP contribution is 2.39. The molecule has 0 saturated carbocycles. The fourth-order valence-electron chi connectivity index (χ4n) is 1.43. The fourth-order valence-corrected chi connectivity index (χ4v) is 1.57. The monoisotopic (exact) mass is 260 g/mol. The van der Waals surface area contributed by atoms with Gasteiger partial charge < -0.3 is 15.0 Å². The maximum atomic E-state index is 13.7. The zero-order valence-electron chi connectivity index (χ0n) is 8.63. The number of hydrogen-bond donors (Lipinski definition) is 1. The Kier molecular flexibility index (Phi) is 2.89. The van der Waals surface area contributed by atoms with Crippen LogP contribution in [0.2, 0.25) is 5.02 Å². The van der Waals surface area contributed by atoms with Crippen molar-refractivity contribution < 1.29 is 18.0 Å². The molecule has 90 valence electrons. The average molecular weight is 261 g/mol. The molecule has 0 atom stereocenters. The largest absolute Gasteiger partial charge is 0.493 e. The van der Waals surface area contributed by atoms with Crippen molar-refractivity contribution >= 4 is 17.5 Å². The van der Waals surface area contributed by atoms with E-state index >= 15 is 0 Å². The number of benzene rings is 1. The van der Waals surface area contributed by atoms with Gasteiger partial charge in [-0.05, 0) is 6.07 Å². The van der Waals surface area contributed by atoms with Crippen LogP contribution in [0.15, 0.2) is 16.8 Å². The molecule has 1 aromatic heterocycles. The number of nitrogens with zero attached hydrogens (tertiary/aromatic N) is 1. The Balaban J connectivity index is 2.74. The van der Waals surface area contributed by atoms with E-state index in [9.17, 15) is 8.78 Å². The van der Waals surface area contributed by atoms with Gasteiger partial charge in [-0.3, -0.25) is 0 Å². The van der Waals surface area contributed by atoms with Gasteiger partial charge in [0.1, 0.15) is 10.8 Å². The standard InChI is InChI=1S/C10H7ClF2N2O2/c1-16-9-4(5-3-15-17-10(5)14)2-6(12)7(11)8(9)13/h2-3H,14H2,1H3.